The summed E-state index contributed by atoms with van der Waals surface area (Å²) in [4.78, 5) is 23.5. The standard InChI is InChI=1S/C21H17F4N5OS/c22-14-4-1-3-13(17(14)18-26-7-2-8-27-18)19(31)30-12-5-6-15(30)11(9-12)10-16-28-29-20(32-16)21(23,24)25/h1-4,7-8,11-12,15H,5-6,9-10H2. The van der Waals surface area contributed by atoms with E-state index in [0.29, 0.717) is 29.2 Å². The predicted molar refractivity (Wildman–Crippen MR) is 107 cm³/mol. The average Bonchev–Trinajstić information content (AvgIpc) is 3.48. The van der Waals surface area contributed by atoms with Gasteiger partial charge in [-0.25, -0.2) is 14.4 Å². The normalized spacial score (nSPS) is 22.5. The maximum absolute atomic E-state index is 14.7. The number of amides is 1. The van der Waals surface area contributed by atoms with Crippen molar-refractivity contribution in [1.29, 1.82) is 0 Å². The smallest absolute Gasteiger partial charge is 0.332 e. The molecule has 1 amide bonds. The lowest BCUT2D eigenvalue weighted by Crippen LogP contribution is -2.37. The van der Waals surface area contributed by atoms with Crippen LogP contribution in [0.15, 0.2) is 36.7 Å². The minimum Gasteiger partial charge on any atom is -0.332 e. The van der Waals surface area contributed by atoms with Crippen LogP contribution >= 0.6 is 11.3 Å². The van der Waals surface area contributed by atoms with Gasteiger partial charge in [-0.2, -0.15) is 13.2 Å². The van der Waals surface area contributed by atoms with Crippen molar-refractivity contribution in [2.24, 2.45) is 5.92 Å². The van der Waals surface area contributed by atoms with Gasteiger partial charge >= 0.3 is 6.18 Å². The van der Waals surface area contributed by atoms with Gasteiger partial charge in [0.2, 0.25) is 5.01 Å². The fourth-order valence-electron chi connectivity index (χ4n) is 4.82. The molecule has 0 saturated carbocycles. The zero-order chi connectivity index (χ0) is 22.5. The van der Waals surface area contributed by atoms with Crippen molar-refractivity contribution in [3.8, 4) is 11.4 Å². The van der Waals surface area contributed by atoms with Gasteiger partial charge in [-0.3, -0.25) is 4.79 Å². The highest BCUT2D eigenvalue weighted by Gasteiger charge is 2.49. The molecule has 0 N–H and O–H groups in total. The first-order valence-corrected chi connectivity index (χ1v) is 10.9. The summed E-state index contributed by atoms with van der Waals surface area (Å²) < 4.78 is 53.2. The Labute approximate surface area is 184 Å². The number of nitrogens with zero attached hydrogens (tertiary/aromatic N) is 5. The van der Waals surface area contributed by atoms with Crippen LogP contribution in [0.1, 0.15) is 39.6 Å². The second kappa shape index (κ2) is 7.88. The van der Waals surface area contributed by atoms with E-state index in [1.165, 1.54) is 24.5 Å². The Morgan fingerprint density at radius 3 is 2.62 bits per heavy atom. The lowest BCUT2D eigenvalue weighted by atomic mass is 9.87. The lowest BCUT2D eigenvalue weighted by Gasteiger charge is -2.25. The first kappa shape index (κ1) is 20.9. The highest BCUT2D eigenvalue weighted by atomic mass is 32.1. The number of hydrogen-bond acceptors (Lipinski definition) is 6. The fourth-order valence-corrected chi connectivity index (χ4v) is 5.62. The molecular formula is C21H17F4N5OS. The maximum Gasteiger partial charge on any atom is 0.445 e. The molecule has 2 saturated heterocycles. The minimum absolute atomic E-state index is 0.0169. The Kier molecular flexibility index (Phi) is 5.15. The monoisotopic (exact) mass is 463 g/mol. The Balaban J connectivity index is 1.41. The maximum atomic E-state index is 14.7. The van der Waals surface area contributed by atoms with Crippen LogP contribution in [0.25, 0.3) is 11.4 Å². The summed E-state index contributed by atoms with van der Waals surface area (Å²) in [5, 5.41) is 6.31. The molecule has 1 aromatic carbocycles. The van der Waals surface area contributed by atoms with Crippen LogP contribution in [-0.2, 0) is 12.6 Å². The Morgan fingerprint density at radius 1 is 1.12 bits per heavy atom. The van der Waals surface area contributed by atoms with Gasteiger partial charge in [-0.05, 0) is 43.4 Å². The second-order valence-corrected chi connectivity index (χ2v) is 9.01. The summed E-state index contributed by atoms with van der Waals surface area (Å²) in [5.41, 5.74) is 0.240. The highest BCUT2D eigenvalue weighted by Crippen LogP contribution is 2.45. The SMILES string of the molecule is O=C(c1cccc(F)c1-c1ncccn1)N1C2CCC1C(Cc1nnc(C(F)(F)F)s1)C2. The molecule has 0 aliphatic carbocycles. The van der Waals surface area contributed by atoms with Crippen LogP contribution in [-0.4, -0.2) is 43.1 Å². The van der Waals surface area contributed by atoms with Gasteiger partial charge < -0.3 is 4.90 Å². The van der Waals surface area contributed by atoms with E-state index in [1.54, 1.807) is 17.0 Å². The minimum atomic E-state index is -4.51. The van der Waals surface area contributed by atoms with Gasteiger partial charge in [0.15, 0.2) is 5.82 Å². The number of carbonyl (C=O) groups is 1. The number of alkyl halides is 3. The quantitative estimate of drug-likeness (QED) is 0.537. The van der Waals surface area contributed by atoms with Crippen molar-refractivity contribution in [3.63, 3.8) is 0 Å². The van der Waals surface area contributed by atoms with Crippen LogP contribution in [0, 0.1) is 11.7 Å². The number of rotatable bonds is 4. The first-order chi connectivity index (χ1) is 15.3. The largest absolute Gasteiger partial charge is 0.445 e. The molecule has 3 atom stereocenters. The third kappa shape index (κ3) is 3.64. The molecule has 6 nitrogen and oxygen atoms in total. The van der Waals surface area contributed by atoms with Gasteiger partial charge in [0, 0.05) is 30.9 Å². The van der Waals surface area contributed by atoms with Crippen molar-refractivity contribution >= 4 is 17.2 Å². The molecule has 3 aromatic rings. The van der Waals surface area contributed by atoms with Crippen molar-refractivity contribution < 1.29 is 22.4 Å². The van der Waals surface area contributed by atoms with Crippen LogP contribution in [0.2, 0.25) is 0 Å². The lowest BCUT2D eigenvalue weighted by molar-refractivity contribution is -0.138. The van der Waals surface area contributed by atoms with E-state index in [-0.39, 0.29) is 40.9 Å². The molecule has 2 fully saturated rings. The van der Waals surface area contributed by atoms with E-state index in [4.69, 9.17) is 0 Å². The molecule has 166 valence electrons. The van der Waals surface area contributed by atoms with Crippen molar-refractivity contribution in [1.82, 2.24) is 25.1 Å². The molecule has 2 aromatic heterocycles. The molecular weight excluding hydrogens is 446 g/mol. The van der Waals surface area contributed by atoms with E-state index in [1.807, 2.05) is 0 Å². The van der Waals surface area contributed by atoms with Crippen molar-refractivity contribution in [2.75, 3.05) is 0 Å². The van der Waals surface area contributed by atoms with E-state index in [0.717, 1.165) is 12.8 Å². The zero-order valence-electron chi connectivity index (χ0n) is 16.6. The van der Waals surface area contributed by atoms with E-state index >= 15 is 0 Å². The number of aromatic nitrogens is 4. The molecule has 3 unspecified atom stereocenters. The molecule has 2 bridgehead atoms. The average molecular weight is 463 g/mol. The number of benzene rings is 1. The van der Waals surface area contributed by atoms with Gasteiger partial charge in [-0.1, -0.05) is 17.4 Å². The topological polar surface area (TPSA) is 71.9 Å². The second-order valence-electron chi connectivity index (χ2n) is 7.94. The van der Waals surface area contributed by atoms with E-state index in [2.05, 4.69) is 20.2 Å². The van der Waals surface area contributed by atoms with E-state index in [9.17, 15) is 22.4 Å². The Hall–Kier alpha value is -2.95. The summed E-state index contributed by atoms with van der Waals surface area (Å²) in [5.74, 6) is -0.781. The molecule has 4 heterocycles. The van der Waals surface area contributed by atoms with Crippen LogP contribution in [0.5, 0.6) is 0 Å². The third-order valence-electron chi connectivity index (χ3n) is 6.08. The summed E-state index contributed by atoms with van der Waals surface area (Å²) >= 11 is 0.545. The molecule has 11 heteroatoms. The Bertz CT molecular complexity index is 1150. The third-order valence-corrected chi connectivity index (χ3v) is 7.07. The first-order valence-electron chi connectivity index (χ1n) is 10.1. The van der Waals surface area contributed by atoms with Crippen molar-refractivity contribution in [2.45, 2.75) is 43.9 Å². The molecule has 2 aliphatic rings. The summed E-state index contributed by atoms with van der Waals surface area (Å²) in [7, 11) is 0. The highest BCUT2D eigenvalue weighted by molar-refractivity contribution is 7.11. The molecule has 32 heavy (non-hydrogen) atoms. The van der Waals surface area contributed by atoms with Crippen LogP contribution in [0.3, 0.4) is 0 Å². The van der Waals surface area contributed by atoms with E-state index < -0.39 is 17.0 Å². The fraction of sp³-hybridized carbons (Fsp3) is 0.381. The molecule has 0 spiro atoms. The van der Waals surface area contributed by atoms with Crippen molar-refractivity contribution in [3.05, 3.63) is 58.1 Å². The number of hydrogen-bond donors (Lipinski definition) is 0. The van der Waals surface area contributed by atoms with Gasteiger partial charge in [0.25, 0.3) is 5.91 Å². The number of fused-ring (bicyclic) bond motifs is 2. The van der Waals surface area contributed by atoms with Gasteiger partial charge in [0.05, 0.1) is 11.1 Å². The summed E-state index contributed by atoms with van der Waals surface area (Å²) in [6.07, 6.45) is 1.01. The molecule has 0 radical (unpaired) electrons. The van der Waals surface area contributed by atoms with Gasteiger partial charge in [-0.15, -0.1) is 10.2 Å². The summed E-state index contributed by atoms with van der Waals surface area (Å²) in [6.45, 7) is 0. The predicted octanol–water partition coefficient (Wildman–Crippen LogP) is 4.39. The molecule has 5 rings (SSSR count). The zero-order valence-corrected chi connectivity index (χ0v) is 17.4. The summed E-state index contributed by atoms with van der Waals surface area (Å²) in [6, 6.07) is 5.72. The molecule has 2 aliphatic heterocycles. The number of halogens is 4. The van der Waals surface area contributed by atoms with Gasteiger partial charge in [0.1, 0.15) is 10.8 Å². The Morgan fingerprint density at radius 2 is 1.91 bits per heavy atom. The van der Waals surface area contributed by atoms with Crippen LogP contribution in [0.4, 0.5) is 17.6 Å². The van der Waals surface area contributed by atoms with Crippen LogP contribution < -0.4 is 0 Å². The number of carbonyl (C=O) groups excluding carboxylic acids is 1.